The zero-order valence-corrected chi connectivity index (χ0v) is 13.0. The second-order valence-electron chi connectivity index (χ2n) is 4.55. The second kappa shape index (κ2) is 6.98. The topological polar surface area (TPSA) is 47.3 Å². The van der Waals surface area contributed by atoms with Crippen molar-refractivity contribution in [1.29, 1.82) is 0 Å². The van der Waals surface area contributed by atoms with Gasteiger partial charge in [0.05, 0.1) is 13.2 Å². The fraction of sp³-hybridized carbons (Fsp3) is 0.200. The molecule has 2 aromatic carbocycles. The lowest BCUT2D eigenvalue weighted by Crippen LogP contribution is -2.29. The molecule has 3 N–H and O–H groups in total. The smallest absolute Gasteiger partial charge is 0.159 e. The number of hydrogen-bond donors (Lipinski definition) is 2. The van der Waals surface area contributed by atoms with Crippen LogP contribution in [0.1, 0.15) is 17.2 Å². The molecule has 0 aliphatic heterocycles. The zero-order chi connectivity index (χ0) is 15.4. The number of hydrazine groups is 1. The molecule has 0 aromatic heterocycles. The standard InChI is InChI=1S/C15H15BrF2N2O/c1-21-11-3-4-12(16)10(6-11)8-15(20-19)9-2-5-13(17)14(18)7-9/h2-7,15,20H,8,19H2,1H3. The maximum absolute atomic E-state index is 13.3. The molecule has 1 atom stereocenters. The van der Waals surface area contributed by atoms with Crippen LogP contribution in [0.2, 0.25) is 0 Å². The van der Waals surface area contributed by atoms with Crippen molar-refractivity contribution in [2.75, 3.05) is 7.11 Å². The van der Waals surface area contributed by atoms with Gasteiger partial charge in [0, 0.05) is 4.47 Å². The summed E-state index contributed by atoms with van der Waals surface area (Å²) in [6.07, 6.45) is 0.499. The molecular weight excluding hydrogens is 342 g/mol. The molecule has 0 aliphatic rings. The monoisotopic (exact) mass is 356 g/mol. The van der Waals surface area contributed by atoms with E-state index in [2.05, 4.69) is 21.4 Å². The Balaban J connectivity index is 2.28. The van der Waals surface area contributed by atoms with Crippen LogP contribution >= 0.6 is 15.9 Å². The molecule has 21 heavy (non-hydrogen) atoms. The van der Waals surface area contributed by atoms with E-state index in [0.717, 1.165) is 22.2 Å². The van der Waals surface area contributed by atoms with Crippen molar-refractivity contribution >= 4 is 15.9 Å². The number of benzene rings is 2. The van der Waals surface area contributed by atoms with E-state index in [1.807, 2.05) is 18.2 Å². The lowest BCUT2D eigenvalue weighted by Gasteiger charge is -2.18. The van der Waals surface area contributed by atoms with Gasteiger partial charge in [0.1, 0.15) is 5.75 Å². The Labute approximate surface area is 130 Å². The van der Waals surface area contributed by atoms with Gasteiger partial charge in [-0.15, -0.1) is 0 Å². The van der Waals surface area contributed by atoms with Gasteiger partial charge in [0.25, 0.3) is 0 Å². The molecule has 112 valence electrons. The SMILES string of the molecule is COc1ccc(Br)c(CC(NN)c2ccc(F)c(F)c2)c1. The van der Waals surface area contributed by atoms with Crippen LogP contribution in [0, 0.1) is 11.6 Å². The largest absolute Gasteiger partial charge is 0.497 e. The van der Waals surface area contributed by atoms with Crippen molar-refractivity contribution in [1.82, 2.24) is 5.43 Å². The van der Waals surface area contributed by atoms with Gasteiger partial charge >= 0.3 is 0 Å². The number of rotatable bonds is 5. The lowest BCUT2D eigenvalue weighted by molar-refractivity contribution is 0.413. The Morgan fingerprint density at radius 2 is 1.95 bits per heavy atom. The van der Waals surface area contributed by atoms with Crippen LogP contribution in [-0.2, 0) is 6.42 Å². The van der Waals surface area contributed by atoms with Crippen molar-refractivity contribution in [3.63, 3.8) is 0 Å². The van der Waals surface area contributed by atoms with Gasteiger partial charge in [-0.3, -0.25) is 11.3 Å². The molecule has 0 amide bonds. The van der Waals surface area contributed by atoms with E-state index < -0.39 is 11.6 Å². The Morgan fingerprint density at radius 1 is 1.19 bits per heavy atom. The highest BCUT2D eigenvalue weighted by molar-refractivity contribution is 9.10. The average molecular weight is 357 g/mol. The molecular formula is C15H15BrF2N2O. The van der Waals surface area contributed by atoms with Gasteiger partial charge in [-0.1, -0.05) is 22.0 Å². The van der Waals surface area contributed by atoms with E-state index in [4.69, 9.17) is 10.6 Å². The van der Waals surface area contributed by atoms with E-state index in [9.17, 15) is 8.78 Å². The molecule has 0 aliphatic carbocycles. The molecule has 0 fully saturated rings. The maximum atomic E-state index is 13.3. The summed E-state index contributed by atoms with van der Waals surface area (Å²) in [4.78, 5) is 0. The first-order chi connectivity index (χ1) is 10.0. The fourth-order valence-electron chi connectivity index (χ4n) is 2.06. The van der Waals surface area contributed by atoms with Gasteiger partial charge < -0.3 is 4.74 Å². The summed E-state index contributed by atoms with van der Waals surface area (Å²) in [7, 11) is 1.58. The molecule has 3 nitrogen and oxygen atoms in total. The van der Waals surface area contributed by atoms with E-state index in [0.29, 0.717) is 17.7 Å². The zero-order valence-electron chi connectivity index (χ0n) is 11.4. The quantitative estimate of drug-likeness (QED) is 0.636. The van der Waals surface area contributed by atoms with E-state index >= 15 is 0 Å². The van der Waals surface area contributed by atoms with Crippen molar-refractivity contribution in [2.24, 2.45) is 5.84 Å². The molecule has 6 heteroatoms. The summed E-state index contributed by atoms with van der Waals surface area (Å²) in [6.45, 7) is 0. The first-order valence-corrected chi connectivity index (χ1v) is 7.08. The Hall–Kier alpha value is -1.50. The lowest BCUT2D eigenvalue weighted by atomic mass is 9.99. The predicted molar refractivity (Wildman–Crippen MR) is 80.8 cm³/mol. The normalized spacial score (nSPS) is 12.2. The molecule has 0 saturated carbocycles. The summed E-state index contributed by atoms with van der Waals surface area (Å²) < 4.78 is 32.4. The van der Waals surface area contributed by atoms with Crippen LogP contribution < -0.4 is 16.0 Å². The highest BCUT2D eigenvalue weighted by Crippen LogP contribution is 2.27. The number of ether oxygens (including phenoxy) is 1. The summed E-state index contributed by atoms with van der Waals surface area (Å²) in [6, 6.07) is 8.97. The number of halogens is 3. The molecule has 0 bridgehead atoms. The van der Waals surface area contributed by atoms with Crippen LogP contribution in [0.25, 0.3) is 0 Å². The number of nitrogens with one attached hydrogen (secondary N) is 1. The minimum absolute atomic E-state index is 0.344. The van der Waals surface area contributed by atoms with Crippen LogP contribution in [0.5, 0.6) is 5.75 Å². The summed E-state index contributed by atoms with van der Waals surface area (Å²) >= 11 is 3.46. The van der Waals surface area contributed by atoms with Crippen LogP contribution in [0.15, 0.2) is 40.9 Å². The van der Waals surface area contributed by atoms with Gasteiger partial charge in [0.2, 0.25) is 0 Å². The Kier molecular flexibility index (Phi) is 5.27. The molecule has 0 saturated heterocycles. The minimum atomic E-state index is -0.891. The Morgan fingerprint density at radius 3 is 2.57 bits per heavy atom. The molecule has 1 unspecified atom stereocenters. The third-order valence-electron chi connectivity index (χ3n) is 3.22. The number of methoxy groups -OCH3 is 1. The highest BCUT2D eigenvalue weighted by atomic mass is 79.9. The van der Waals surface area contributed by atoms with Crippen LogP contribution in [0.4, 0.5) is 8.78 Å². The number of nitrogens with two attached hydrogens (primary N) is 1. The van der Waals surface area contributed by atoms with Crippen LogP contribution in [0.3, 0.4) is 0 Å². The molecule has 0 spiro atoms. The maximum Gasteiger partial charge on any atom is 0.159 e. The van der Waals surface area contributed by atoms with Crippen LogP contribution in [-0.4, -0.2) is 7.11 Å². The first-order valence-electron chi connectivity index (χ1n) is 6.28. The molecule has 2 rings (SSSR count). The van der Waals surface area contributed by atoms with Crippen molar-refractivity contribution in [3.05, 3.63) is 63.6 Å². The van der Waals surface area contributed by atoms with Gasteiger partial charge in [0.15, 0.2) is 11.6 Å². The van der Waals surface area contributed by atoms with E-state index in [1.165, 1.54) is 6.07 Å². The number of hydrogen-bond acceptors (Lipinski definition) is 3. The third-order valence-corrected chi connectivity index (χ3v) is 4.00. The van der Waals surface area contributed by atoms with Gasteiger partial charge in [-0.25, -0.2) is 8.78 Å². The summed E-state index contributed by atoms with van der Waals surface area (Å²) in [5, 5.41) is 0. The van der Waals surface area contributed by atoms with Crippen molar-refractivity contribution < 1.29 is 13.5 Å². The molecule has 0 heterocycles. The second-order valence-corrected chi connectivity index (χ2v) is 5.41. The average Bonchev–Trinajstić information content (AvgIpc) is 2.49. The van der Waals surface area contributed by atoms with E-state index in [1.54, 1.807) is 7.11 Å². The predicted octanol–water partition coefficient (Wildman–Crippen LogP) is 3.48. The van der Waals surface area contributed by atoms with Gasteiger partial charge in [-0.05, 0) is 47.9 Å². The third kappa shape index (κ3) is 3.78. The molecule has 0 radical (unpaired) electrons. The minimum Gasteiger partial charge on any atom is -0.497 e. The first kappa shape index (κ1) is 15.9. The van der Waals surface area contributed by atoms with Gasteiger partial charge in [-0.2, -0.15) is 0 Å². The van der Waals surface area contributed by atoms with Crippen molar-refractivity contribution in [2.45, 2.75) is 12.5 Å². The van der Waals surface area contributed by atoms with E-state index in [-0.39, 0.29) is 6.04 Å². The Bertz CT molecular complexity index is 637. The highest BCUT2D eigenvalue weighted by Gasteiger charge is 2.15. The molecule has 2 aromatic rings. The summed E-state index contributed by atoms with van der Waals surface area (Å²) in [5.41, 5.74) is 4.15. The summed E-state index contributed by atoms with van der Waals surface area (Å²) in [5.74, 6) is 4.50. The fourth-order valence-corrected chi connectivity index (χ4v) is 2.47. The van der Waals surface area contributed by atoms with Crippen molar-refractivity contribution in [3.8, 4) is 5.75 Å².